The Morgan fingerprint density at radius 2 is 1.74 bits per heavy atom. The lowest BCUT2D eigenvalue weighted by molar-refractivity contribution is -0.135. The van der Waals surface area contributed by atoms with E-state index in [-0.39, 0.29) is 24.8 Å². The Bertz CT molecular complexity index is 385. The average Bonchev–Trinajstić information content (AvgIpc) is 2.30. The van der Waals surface area contributed by atoms with Crippen molar-refractivity contribution in [3.63, 3.8) is 0 Å². The molecule has 0 saturated heterocycles. The van der Waals surface area contributed by atoms with Crippen LogP contribution < -0.4 is 11.3 Å². The molecule has 1 aromatic carbocycles. The van der Waals surface area contributed by atoms with Gasteiger partial charge in [0.2, 0.25) is 0 Å². The van der Waals surface area contributed by atoms with Crippen LogP contribution in [0, 0.1) is 11.6 Å². The lowest BCUT2D eigenvalue weighted by Crippen LogP contribution is -2.37. The summed E-state index contributed by atoms with van der Waals surface area (Å²) in [5.74, 6) is 3.74. The van der Waals surface area contributed by atoms with Gasteiger partial charge in [0.15, 0.2) is 0 Å². The van der Waals surface area contributed by atoms with Crippen LogP contribution >= 0.6 is 0 Å². The minimum atomic E-state index is -4.23. The Morgan fingerprint density at radius 3 is 2.21 bits per heavy atom. The van der Waals surface area contributed by atoms with E-state index in [9.17, 15) is 22.0 Å². The maximum absolute atomic E-state index is 13.4. The molecule has 0 aliphatic heterocycles. The van der Waals surface area contributed by atoms with Crippen molar-refractivity contribution in [1.82, 2.24) is 5.43 Å². The molecule has 108 valence electrons. The van der Waals surface area contributed by atoms with Gasteiger partial charge in [0, 0.05) is 18.0 Å². The third-order valence-electron chi connectivity index (χ3n) is 2.76. The van der Waals surface area contributed by atoms with Crippen LogP contribution in [0.4, 0.5) is 22.0 Å². The Balaban J connectivity index is 2.57. The van der Waals surface area contributed by atoms with E-state index in [4.69, 9.17) is 5.84 Å². The highest BCUT2D eigenvalue weighted by atomic mass is 19.4. The predicted octanol–water partition coefficient (Wildman–Crippen LogP) is 3.07. The number of hydrogen-bond donors (Lipinski definition) is 2. The van der Waals surface area contributed by atoms with Crippen LogP contribution in [0.2, 0.25) is 0 Å². The van der Waals surface area contributed by atoms with Gasteiger partial charge in [-0.3, -0.25) is 11.3 Å². The molecule has 0 aliphatic carbocycles. The summed E-state index contributed by atoms with van der Waals surface area (Å²) in [5.41, 5.74) is 2.12. The molecule has 7 heteroatoms. The van der Waals surface area contributed by atoms with E-state index < -0.39 is 30.3 Å². The number of halogens is 5. The zero-order valence-corrected chi connectivity index (χ0v) is 10.1. The van der Waals surface area contributed by atoms with Gasteiger partial charge in [-0.1, -0.05) is 6.07 Å². The summed E-state index contributed by atoms with van der Waals surface area (Å²) in [6, 6.07) is 2.82. The summed E-state index contributed by atoms with van der Waals surface area (Å²) in [6.07, 6.45) is -5.32. The summed E-state index contributed by atoms with van der Waals surface area (Å²) >= 11 is 0. The number of hydrogen-bond acceptors (Lipinski definition) is 2. The van der Waals surface area contributed by atoms with Gasteiger partial charge < -0.3 is 0 Å². The standard InChI is InChI=1S/C12H15F5N2/c13-10-4-1-5-11(14)9(10)7-8(19-18)3-2-6-12(15,16)17/h1,4-5,8,19H,2-3,6-7,18H2. The van der Waals surface area contributed by atoms with E-state index in [1.54, 1.807) is 0 Å². The number of benzene rings is 1. The molecule has 0 saturated carbocycles. The molecule has 1 atom stereocenters. The smallest absolute Gasteiger partial charge is 0.271 e. The minimum Gasteiger partial charge on any atom is -0.271 e. The SMILES string of the molecule is NNC(CCCC(F)(F)F)Cc1c(F)cccc1F. The fraction of sp³-hybridized carbons (Fsp3) is 0.500. The first kappa shape index (κ1) is 15.8. The molecule has 0 fully saturated rings. The highest BCUT2D eigenvalue weighted by Gasteiger charge is 2.26. The van der Waals surface area contributed by atoms with Crippen LogP contribution in [0.25, 0.3) is 0 Å². The Labute approximate surface area is 107 Å². The van der Waals surface area contributed by atoms with Crippen LogP contribution in [-0.4, -0.2) is 12.2 Å². The van der Waals surface area contributed by atoms with Crippen molar-refractivity contribution in [2.45, 2.75) is 37.9 Å². The first-order valence-electron chi connectivity index (χ1n) is 5.79. The van der Waals surface area contributed by atoms with E-state index in [0.717, 1.165) is 12.1 Å². The van der Waals surface area contributed by atoms with Crippen LogP contribution in [0.1, 0.15) is 24.8 Å². The van der Waals surface area contributed by atoms with E-state index in [1.807, 2.05) is 0 Å². The molecular weight excluding hydrogens is 267 g/mol. The number of alkyl halides is 3. The molecule has 0 aromatic heterocycles. The highest BCUT2D eigenvalue weighted by molar-refractivity contribution is 5.20. The average molecular weight is 282 g/mol. The fourth-order valence-corrected chi connectivity index (χ4v) is 1.77. The second-order valence-electron chi connectivity index (χ2n) is 4.28. The lowest BCUT2D eigenvalue weighted by atomic mass is 10.0. The number of rotatable bonds is 6. The largest absolute Gasteiger partial charge is 0.389 e. The zero-order chi connectivity index (χ0) is 14.5. The maximum atomic E-state index is 13.4. The Kier molecular flexibility index (Phi) is 5.68. The molecule has 3 N–H and O–H groups in total. The number of hydrazine groups is 1. The molecular formula is C12H15F5N2. The van der Waals surface area contributed by atoms with Crippen LogP contribution in [0.3, 0.4) is 0 Å². The molecule has 19 heavy (non-hydrogen) atoms. The summed E-state index contributed by atoms with van der Waals surface area (Å²) in [6.45, 7) is 0. The maximum Gasteiger partial charge on any atom is 0.389 e. The Hall–Kier alpha value is -1.21. The normalized spacial score (nSPS) is 13.6. The van der Waals surface area contributed by atoms with Crippen molar-refractivity contribution >= 4 is 0 Å². The van der Waals surface area contributed by atoms with Gasteiger partial charge in [-0.05, 0) is 31.4 Å². The third-order valence-corrected chi connectivity index (χ3v) is 2.76. The van der Waals surface area contributed by atoms with Gasteiger partial charge in [0.05, 0.1) is 0 Å². The quantitative estimate of drug-likeness (QED) is 0.478. The second-order valence-corrected chi connectivity index (χ2v) is 4.28. The van der Waals surface area contributed by atoms with E-state index in [1.165, 1.54) is 6.07 Å². The van der Waals surface area contributed by atoms with Crippen LogP contribution in [0.5, 0.6) is 0 Å². The zero-order valence-electron chi connectivity index (χ0n) is 10.1. The van der Waals surface area contributed by atoms with E-state index >= 15 is 0 Å². The summed E-state index contributed by atoms with van der Waals surface area (Å²) < 4.78 is 62.7. The minimum absolute atomic E-state index is 0.0871. The molecule has 1 aromatic rings. The second kappa shape index (κ2) is 6.81. The molecule has 0 amide bonds. The molecule has 0 radical (unpaired) electrons. The summed E-state index contributed by atoms with van der Waals surface area (Å²) in [5, 5.41) is 0. The Morgan fingerprint density at radius 1 is 1.16 bits per heavy atom. The number of nitrogens with two attached hydrogens (primary N) is 1. The molecule has 0 bridgehead atoms. The predicted molar refractivity (Wildman–Crippen MR) is 61.1 cm³/mol. The summed E-state index contributed by atoms with van der Waals surface area (Å²) in [4.78, 5) is 0. The van der Waals surface area contributed by atoms with E-state index in [0.29, 0.717) is 0 Å². The molecule has 0 spiro atoms. The van der Waals surface area contributed by atoms with Crippen molar-refractivity contribution in [2.75, 3.05) is 0 Å². The van der Waals surface area contributed by atoms with Crippen molar-refractivity contribution in [3.05, 3.63) is 35.4 Å². The van der Waals surface area contributed by atoms with Crippen LogP contribution in [-0.2, 0) is 6.42 Å². The van der Waals surface area contributed by atoms with Gasteiger partial charge in [-0.15, -0.1) is 0 Å². The van der Waals surface area contributed by atoms with E-state index in [2.05, 4.69) is 5.43 Å². The number of nitrogens with one attached hydrogen (secondary N) is 1. The molecule has 1 rings (SSSR count). The topological polar surface area (TPSA) is 38.0 Å². The molecule has 0 heterocycles. The summed E-state index contributed by atoms with van der Waals surface area (Å²) in [7, 11) is 0. The van der Waals surface area contributed by atoms with Crippen molar-refractivity contribution in [3.8, 4) is 0 Å². The van der Waals surface area contributed by atoms with Gasteiger partial charge in [-0.25, -0.2) is 8.78 Å². The van der Waals surface area contributed by atoms with Gasteiger partial charge in [0.25, 0.3) is 0 Å². The van der Waals surface area contributed by atoms with Crippen molar-refractivity contribution < 1.29 is 22.0 Å². The van der Waals surface area contributed by atoms with Gasteiger partial charge in [0.1, 0.15) is 11.6 Å². The lowest BCUT2D eigenvalue weighted by Gasteiger charge is -2.17. The molecule has 2 nitrogen and oxygen atoms in total. The first-order chi connectivity index (χ1) is 8.83. The van der Waals surface area contributed by atoms with Gasteiger partial charge >= 0.3 is 6.18 Å². The molecule has 1 unspecified atom stereocenters. The fourth-order valence-electron chi connectivity index (χ4n) is 1.77. The van der Waals surface area contributed by atoms with Gasteiger partial charge in [-0.2, -0.15) is 13.2 Å². The molecule has 0 aliphatic rings. The van der Waals surface area contributed by atoms with Crippen molar-refractivity contribution in [1.29, 1.82) is 0 Å². The van der Waals surface area contributed by atoms with Crippen LogP contribution in [0.15, 0.2) is 18.2 Å². The van der Waals surface area contributed by atoms with Crippen molar-refractivity contribution in [2.24, 2.45) is 5.84 Å². The monoisotopic (exact) mass is 282 g/mol. The highest BCUT2D eigenvalue weighted by Crippen LogP contribution is 2.23. The first-order valence-corrected chi connectivity index (χ1v) is 5.79. The third kappa shape index (κ3) is 5.52.